The predicted octanol–water partition coefficient (Wildman–Crippen LogP) is 2.23. The highest BCUT2D eigenvalue weighted by atomic mass is 16.1. The van der Waals surface area contributed by atoms with E-state index in [0.29, 0.717) is 17.4 Å². The molecule has 0 amide bonds. The van der Waals surface area contributed by atoms with Gasteiger partial charge in [0.05, 0.1) is 17.9 Å². The molecule has 28 heavy (non-hydrogen) atoms. The molecule has 0 atom stereocenters. The van der Waals surface area contributed by atoms with Crippen LogP contribution in [0.1, 0.15) is 0 Å². The molecule has 0 aliphatic carbocycles. The molecule has 1 N–H and O–H groups in total. The lowest BCUT2D eigenvalue weighted by Gasteiger charge is -2.07. The number of nitrogens with zero attached hydrogens (tertiary/aromatic N) is 7. The van der Waals surface area contributed by atoms with Crippen LogP contribution in [-0.2, 0) is 0 Å². The van der Waals surface area contributed by atoms with Gasteiger partial charge in [0, 0.05) is 17.1 Å². The van der Waals surface area contributed by atoms with Crippen LogP contribution in [0.25, 0.3) is 27.9 Å². The summed E-state index contributed by atoms with van der Waals surface area (Å²) in [6, 6.07) is 14.4. The van der Waals surface area contributed by atoms with E-state index in [-0.39, 0.29) is 5.69 Å². The van der Waals surface area contributed by atoms with Crippen molar-refractivity contribution in [3.63, 3.8) is 0 Å². The second kappa shape index (κ2) is 6.47. The first-order valence-electron chi connectivity index (χ1n) is 8.44. The van der Waals surface area contributed by atoms with Gasteiger partial charge in [0.1, 0.15) is 5.69 Å². The van der Waals surface area contributed by atoms with Gasteiger partial charge in [-0.2, -0.15) is 14.7 Å². The van der Waals surface area contributed by atoms with Crippen molar-refractivity contribution in [3.05, 3.63) is 77.5 Å². The molecule has 5 aromatic rings. The number of anilines is 2. The summed E-state index contributed by atoms with van der Waals surface area (Å²) in [4.78, 5) is 25.3. The molecule has 0 fully saturated rings. The Hall–Kier alpha value is -4.27. The van der Waals surface area contributed by atoms with Crippen molar-refractivity contribution in [3.8, 4) is 11.4 Å². The number of hydrogen-bond acceptors (Lipinski definition) is 8. The Morgan fingerprint density at radius 1 is 0.893 bits per heavy atom. The monoisotopic (exact) mass is 368 g/mol. The van der Waals surface area contributed by atoms with E-state index in [9.17, 15) is 4.79 Å². The van der Waals surface area contributed by atoms with Crippen LogP contribution in [0.5, 0.6) is 0 Å². The Labute approximate surface area is 157 Å². The number of benzene rings is 1. The molecule has 5 rings (SSSR count). The van der Waals surface area contributed by atoms with Crippen molar-refractivity contribution in [2.45, 2.75) is 0 Å². The second-order valence-corrected chi connectivity index (χ2v) is 5.93. The molecule has 4 heterocycles. The van der Waals surface area contributed by atoms with Gasteiger partial charge in [-0.25, -0.2) is 15.0 Å². The molecular formula is C19H12N8O. The van der Waals surface area contributed by atoms with Gasteiger partial charge in [0.2, 0.25) is 5.95 Å². The van der Waals surface area contributed by atoms with Crippen molar-refractivity contribution in [1.29, 1.82) is 0 Å². The molecule has 0 radical (unpaired) electrons. The maximum atomic E-state index is 12.2. The number of hydrogen-bond donors (Lipinski definition) is 1. The number of fused-ring (bicyclic) bond motifs is 3. The van der Waals surface area contributed by atoms with Crippen molar-refractivity contribution in [2.24, 2.45) is 0 Å². The quantitative estimate of drug-likeness (QED) is 0.516. The van der Waals surface area contributed by atoms with Crippen LogP contribution in [0.2, 0.25) is 0 Å². The first kappa shape index (κ1) is 15.9. The van der Waals surface area contributed by atoms with Crippen LogP contribution >= 0.6 is 0 Å². The lowest BCUT2D eigenvalue weighted by atomic mass is 10.2. The largest absolute Gasteiger partial charge is 0.319 e. The Morgan fingerprint density at radius 2 is 1.79 bits per heavy atom. The lowest BCUT2D eigenvalue weighted by Crippen LogP contribution is -2.11. The molecule has 0 unspecified atom stereocenters. The van der Waals surface area contributed by atoms with Crippen molar-refractivity contribution in [2.75, 3.05) is 5.32 Å². The first-order chi connectivity index (χ1) is 13.8. The summed E-state index contributed by atoms with van der Waals surface area (Å²) in [7, 11) is 0. The molecule has 0 spiro atoms. The van der Waals surface area contributed by atoms with Gasteiger partial charge in [0.15, 0.2) is 11.5 Å². The molecule has 4 aromatic heterocycles. The first-order valence-corrected chi connectivity index (χ1v) is 8.44. The molecule has 9 heteroatoms. The maximum Gasteiger partial charge on any atom is 0.293 e. The third-order valence-corrected chi connectivity index (χ3v) is 4.15. The minimum absolute atomic E-state index is 0.289. The zero-order valence-corrected chi connectivity index (χ0v) is 14.4. The maximum absolute atomic E-state index is 12.2. The molecule has 0 saturated heterocycles. The van der Waals surface area contributed by atoms with E-state index in [1.165, 1.54) is 6.20 Å². The Kier molecular flexibility index (Phi) is 3.68. The molecule has 0 aliphatic heterocycles. The molecule has 0 saturated carbocycles. The Bertz CT molecular complexity index is 1370. The Balaban J connectivity index is 1.77. The summed E-state index contributed by atoms with van der Waals surface area (Å²) in [5.74, 6) is 0.842. The fourth-order valence-electron chi connectivity index (χ4n) is 2.85. The van der Waals surface area contributed by atoms with E-state index in [0.717, 1.165) is 16.5 Å². The summed E-state index contributed by atoms with van der Waals surface area (Å²) in [6.45, 7) is 0. The highest BCUT2D eigenvalue weighted by molar-refractivity contribution is 5.93. The van der Waals surface area contributed by atoms with Gasteiger partial charge in [-0.05, 0) is 30.3 Å². The molecule has 0 aliphatic rings. The summed E-state index contributed by atoms with van der Waals surface area (Å²) in [6.07, 6.45) is 4.62. The molecular weight excluding hydrogens is 356 g/mol. The second-order valence-electron chi connectivity index (χ2n) is 5.93. The smallest absolute Gasteiger partial charge is 0.293 e. The van der Waals surface area contributed by atoms with Gasteiger partial charge >= 0.3 is 0 Å². The van der Waals surface area contributed by atoms with Crippen molar-refractivity contribution in [1.82, 2.24) is 34.8 Å². The molecule has 9 nitrogen and oxygen atoms in total. The van der Waals surface area contributed by atoms with E-state index in [2.05, 4.69) is 35.6 Å². The van der Waals surface area contributed by atoms with Crippen LogP contribution in [0, 0.1) is 0 Å². The predicted molar refractivity (Wildman–Crippen MR) is 103 cm³/mol. The summed E-state index contributed by atoms with van der Waals surface area (Å²) < 4.78 is 1.57. The Morgan fingerprint density at radius 3 is 2.68 bits per heavy atom. The number of aromatic nitrogens is 7. The van der Waals surface area contributed by atoms with E-state index < -0.39 is 5.56 Å². The number of para-hydroxylation sites is 1. The van der Waals surface area contributed by atoms with Crippen molar-refractivity contribution >= 4 is 28.2 Å². The zero-order chi connectivity index (χ0) is 18.9. The van der Waals surface area contributed by atoms with E-state index in [1.54, 1.807) is 41.2 Å². The van der Waals surface area contributed by atoms with E-state index >= 15 is 0 Å². The van der Waals surface area contributed by atoms with Gasteiger partial charge in [-0.15, -0.1) is 5.10 Å². The third-order valence-electron chi connectivity index (χ3n) is 4.15. The zero-order valence-electron chi connectivity index (χ0n) is 14.4. The van der Waals surface area contributed by atoms with Crippen LogP contribution in [-0.4, -0.2) is 34.8 Å². The van der Waals surface area contributed by atoms with Gasteiger partial charge < -0.3 is 5.32 Å². The minimum Gasteiger partial charge on any atom is -0.319 e. The SMILES string of the molecule is O=c1nccccc1Nc1nc2ccccc2c2nc(-c3ccnnc3)nn12. The lowest BCUT2D eigenvalue weighted by molar-refractivity contribution is 0.944. The highest BCUT2D eigenvalue weighted by Gasteiger charge is 2.15. The summed E-state index contributed by atoms with van der Waals surface area (Å²) in [5.41, 5.74) is 1.96. The van der Waals surface area contributed by atoms with Gasteiger partial charge in [0.25, 0.3) is 5.56 Å². The van der Waals surface area contributed by atoms with Crippen LogP contribution < -0.4 is 10.9 Å². The fraction of sp³-hybridized carbons (Fsp3) is 0. The number of nitrogens with one attached hydrogen (secondary N) is 1. The standard InChI is InChI=1S/C19H12N8O/c28-18-15(7-3-4-9-20-18)24-19-23-14-6-2-1-5-13(14)17-25-16(26-27(17)19)12-8-10-21-22-11-12/h1-11H,(H,20,23,24,28). The van der Waals surface area contributed by atoms with Crippen LogP contribution in [0.3, 0.4) is 0 Å². The normalized spacial score (nSPS) is 11.0. The van der Waals surface area contributed by atoms with Crippen LogP contribution in [0.4, 0.5) is 11.6 Å². The molecule has 0 bridgehead atoms. The minimum atomic E-state index is -0.396. The van der Waals surface area contributed by atoms with Crippen molar-refractivity contribution < 1.29 is 0 Å². The van der Waals surface area contributed by atoms with E-state index in [4.69, 9.17) is 0 Å². The molecule has 134 valence electrons. The average Bonchev–Trinajstić information content (AvgIpc) is 3.09. The number of rotatable bonds is 3. The average molecular weight is 368 g/mol. The van der Waals surface area contributed by atoms with Crippen LogP contribution in [0.15, 0.2) is 71.9 Å². The third kappa shape index (κ3) is 2.71. The topological polar surface area (TPSA) is 111 Å². The fourth-order valence-corrected chi connectivity index (χ4v) is 2.85. The summed E-state index contributed by atoms with van der Waals surface area (Å²) in [5, 5.41) is 16.1. The van der Waals surface area contributed by atoms with Gasteiger partial charge in [-0.1, -0.05) is 18.2 Å². The highest BCUT2D eigenvalue weighted by Crippen LogP contribution is 2.24. The van der Waals surface area contributed by atoms with E-state index in [1.807, 2.05) is 24.3 Å². The summed E-state index contributed by atoms with van der Waals surface area (Å²) >= 11 is 0. The molecule has 1 aromatic carbocycles. The van der Waals surface area contributed by atoms with Gasteiger partial charge in [-0.3, -0.25) is 4.79 Å².